The van der Waals surface area contributed by atoms with E-state index in [-0.39, 0.29) is 17.0 Å². The molecule has 0 saturated carbocycles. The molecule has 4 N–H and O–H groups in total. The van der Waals surface area contributed by atoms with Crippen molar-refractivity contribution in [2.75, 3.05) is 13.1 Å². The van der Waals surface area contributed by atoms with E-state index in [1.807, 2.05) is 24.5 Å². The van der Waals surface area contributed by atoms with Crippen molar-refractivity contribution in [2.45, 2.75) is 12.8 Å². The number of piperidine rings is 1. The largest absolute Gasteiger partial charge is 0.349 e. The molecule has 0 bridgehead atoms. The number of nitrogens with one attached hydrogen (secondary N) is 2. The number of benzene rings is 1. The first kappa shape index (κ1) is 17.2. The number of H-pyrrole nitrogens is 1. The van der Waals surface area contributed by atoms with Gasteiger partial charge in [0.15, 0.2) is 0 Å². The van der Waals surface area contributed by atoms with Gasteiger partial charge in [0.25, 0.3) is 5.84 Å². The number of aromatic nitrogens is 1. The van der Waals surface area contributed by atoms with Gasteiger partial charge in [-0.1, -0.05) is 18.2 Å². The van der Waals surface area contributed by atoms with Gasteiger partial charge in [0, 0.05) is 16.8 Å². The fraction of sp³-hybridized carbons (Fsp3) is 0.263. The molecule has 0 radical (unpaired) electrons. The minimum Gasteiger partial charge on any atom is -0.349 e. The second-order valence-corrected chi connectivity index (χ2v) is 6.85. The number of fused-ring (bicyclic) bond motifs is 2. The van der Waals surface area contributed by atoms with E-state index >= 15 is 0 Å². The first-order chi connectivity index (χ1) is 12.3. The van der Waals surface area contributed by atoms with Crippen molar-refractivity contribution >= 4 is 35.4 Å². The number of aromatic amines is 1. The maximum atomic E-state index is 6.79. The van der Waals surface area contributed by atoms with Crippen LogP contribution in [-0.4, -0.2) is 34.7 Å². The lowest BCUT2D eigenvalue weighted by molar-refractivity contribution is -0.750. The number of allylic oxidation sites excluding steroid dienone is 2. The molecule has 3 aliphatic heterocycles. The third-order valence-electron chi connectivity index (χ3n) is 5.32. The summed E-state index contributed by atoms with van der Waals surface area (Å²) in [6, 6.07) is 10.4. The second kappa shape index (κ2) is 6.48. The van der Waals surface area contributed by atoms with Gasteiger partial charge < -0.3 is 10.3 Å². The van der Waals surface area contributed by atoms with Crippen LogP contribution in [-0.2, 0) is 0 Å². The average molecular weight is 370 g/mol. The number of nitrogens with zero attached hydrogens (tertiary/aromatic N) is 3. The van der Waals surface area contributed by atoms with Crippen LogP contribution >= 0.6 is 12.4 Å². The number of hydrogen-bond donors (Lipinski definition) is 3. The normalized spacial score (nSPS) is 25.3. The van der Waals surface area contributed by atoms with Crippen molar-refractivity contribution < 1.29 is 4.59 Å². The number of halogens is 1. The number of para-hydroxylation sites is 1. The number of rotatable bonds is 2. The molecule has 6 nitrogen and oxygen atoms in total. The zero-order valence-electron chi connectivity index (χ0n) is 14.4. The quantitative estimate of drug-likeness (QED) is 0.562. The number of nitrogens with two attached hydrogens (primary N) is 1. The Morgan fingerprint density at radius 3 is 2.77 bits per heavy atom. The topological polar surface area (TPSA) is 78.6 Å². The molecule has 0 amide bonds. The molecule has 1 saturated heterocycles. The van der Waals surface area contributed by atoms with E-state index in [2.05, 4.69) is 33.5 Å². The van der Waals surface area contributed by atoms with Crippen molar-refractivity contribution in [2.24, 2.45) is 21.7 Å². The lowest BCUT2D eigenvalue weighted by Gasteiger charge is -2.27. The summed E-state index contributed by atoms with van der Waals surface area (Å²) in [5.41, 5.74) is 4.14. The monoisotopic (exact) mass is 369 g/mol. The van der Waals surface area contributed by atoms with E-state index in [1.54, 1.807) is 6.20 Å². The van der Waals surface area contributed by atoms with Gasteiger partial charge in [0.2, 0.25) is 5.70 Å². The molecule has 26 heavy (non-hydrogen) atoms. The van der Waals surface area contributed by atoms with Crippen LogP contribution < -0.4 is 11.2 Å². The molecular formula is C19H22ClN6+. The molecule has 1 fully saturated rings. The first-order valence-electron chi connectivity index (χ1n) is 8.77. The van der Waals surface area contributed by atoms with Gasteiger partial charge in [0.05, 0.1) is 12.4 Å². The summed E-state index contributed by atoms with van der Waals surface area (Å²) in [6.45, 7) is 2.05. The minimum absolute atomic E-state index is 0. The Morgan fingerprint density at radius 1 is 1.15 bits per heavy atom. The number of quaternary nitrogens is 1. The highest BCUT2D eigenvalue weighted by atomic mass is 35.5. The molecule has 7 heteroatoms. The predicted molar refractivity (Wildman–Crippen MR) is 107 cm³/mol. The van der Waals surface area contributed by atoms with Crippen LogP contribution in [0.5, 0.6) is 0 Å². The highest BCUT2D eigenvalue weighted by Gasteiger charge is 2.46. The Kier molecular flexibility index (Phi) is 4.28. The van der Waals surface area contributed by atoms with Gasteiger partial charge in [-0.15, -0.1) is 17.0 Å². The zero-order chi connectivity index (χ0) is 16.9. The molecule has 1 aromatic heterocycles. The van der Waals surface area contributed by atoms with Crippen molar-refractivity contribution in [3.63, 3.8) is 0 Å². The predicted octanol–water partition coefficient (Wildman–Crippen LogP) is 2.81. The molecular weight excluding hydrogens is 348 g/mol. The van der Waals surface area contributed by atoms with E-state index in [4.69, 9.17) is 10.8 Å². The summed E-state index contributed by atoms with van der Waals surface area (Å²) in [5, 5.41) is 4.58. The van der Waals surface area contributed by atoms with Crippen molar-refractivity contribution in [1.29, 1.82) is 0 Å². The molecule has 0 aliphatic carbocycles. The van der Waals surface area contributed by atoms with Crippen LogP contribution in [0.25, 0.3) is 10.9 Å². The number of aliphatic imine (C=N–C) groups is 2. The second-order valence-electron chi connectivity index (χ2n) is 6.85. The summed E-state index contributed by atoms with van der Waals surface area (Å²) < 4.78 is 0.0928. The van der Waals surface area contributed by atoms with Gasteiger partial charge >= 0.3 is 0 Å². The Hall–Kier alpha value is -2.25. The summed E-state index contributed by atoms with van der Waals surface area (Å²) in [5.74, 6) is 8.06. The van der Waals surface area contributed by atoms with Crippen LogP contribution in [0.4, 0.5) is 0 Å². The van der Waals surface area contributed by atoms with Crippen LogP contribution in [0, 0.1) is 5.92 Å². The highest BCUT2D eigenvalue weighted by Crippen LogP contribution is 2.37. The Labute approximate surface area is 158 Å². The van der Waals surface area contributed by atoms with Gasteiger partial charge in [0.1, 0.15) is 17.6 Å². The van der Waals surface area contributed by atoms with E-state index in [0.29, 0.717) is 5.92 Å². The van der Waals surface area contributed by atoms with Crippen molar-refractivity contribution in [3.05, 3.63) is 59.8 Å². The zero-order valence-corrected chi connectivity index (χ0v) is 15.2. The van der Waals surface area contributed by atoms with Crippen LogP contribution in [0.15, 0.2) is 64.1 Å². The van der Waals surface area contributed by atoms with Gasteiger partial charge in [-0.2, -0.15) is 10.8 Å². The molecule has 3 aliphatic rings. The average Bonchev–Trinajstić information content (AvgIpc) is 3.20. The number of amidine groups is 1. The van der Waals surface area contributed by atoms with Crippen LogP contribution in [0.3, 0.4) is 0 Å². The molecule has 1 atom stereocenters. The maximum Gasteiger partial charge on any atom is 0.281 e. The lowest BCUT2D eigenvalue weighted by Crippen LogP contribution is -2.53. The molecule has 134 valence electrons. The van der Waals surface area contributed by atoms with Crippen LogP contribution in [0.1, 0.15) is 18.5 Å². The molecule has 1 aromatic carbocycles. The Morgan fingerprint density at radius 2 is 1.96 bits per heavy atom. The summed E-state index contributed by atoms with van der Waals surface area (Å²) in [6.07, 6.45) is 7.71. The third kappa shape index (κ3) is 2.54. The van der Waals surface area contributed by atoms with Gasteiger partial charge in [-0.05, 0) is 38.1 Å². The molecule has 2 aromatic rings. The molecule has 1 unspecified atom stereocenters. The van der Waals surface area contributed by atoms with Gasteiger partial charge in [-0.25, -0.2) is 0 Å². The number of hydrogen-bond acceptors (Lipinski definition) is 4. The summed E-state index contributed by atoms with van der Waals surface area (Å²) >= 11 is 0. The third-order valence-corrected chi connectivity index (χ3v) is 5.32. The smallest absolute Gasteiger partial charge is 0.281 e. The SMILES string of the molecule is Cl.N[N+]12C=CN=CC1=C(C1CCNCC1)N=C2c1cc2ccccc2[nH]1. The van der Waals surface area contributed by atoms with Crippen LogP contribution in [0.2, 0.25) is 0 Å². The maximum absolute atomic E-state index is 6.79. The van der Waals surface area contributed by atoms with E-state index in [1.165, 1.54) is 5.39 Å². The van der Waals surface area contributed by atoms with E-state index < -0.39 is 0 Å². The molecule has 5 rings (SSSR count). The molecule has 4 heterocycles. The Balaban J connectivity index is 0.00000168. The standard InChI is InChI=1S/C19H21N6.ClH/c20-25-10-9-22-12-17(25)18(13-5-7-21-8-6-13)24-19(25)16-11-14-3-1-2-4-15(14)23-16;/h1-4,9-13,21,23H,5-8,20H2;1H/q+1;. The Bertz CT molecular complexity index is 930. The lowest BCUT2D eigenvalue weighted by atomic mass is 9.93. The van der Waals surface area contributed by atoms with Crippen molar-refractivity contribution in [1.82, 2.24) is 10.3 Å². The summed E-state index contributed by atoms with van der Waals surface area (Å²) in [7, 11) is 0. The molecule has 0 spiro atoms. The van der Waals surface area contributed by atoms with E-state index in [9.17, 15) is 0 Å². The minimum atomic E-state index is 0. The fourth-order valence-corrected chi connectivity index (χ4v) is 3.98. The van der Waals surface area contributed by atoms with Crippen molar-refractivity contribution in [3.8, 4) is 0 Å². The fourth-order valence-electron chi connectivity index (χ4n) is 3.98. The highest BCUT2D eigenvalue weighted by molar-refractivity contribution is 6.02. The first-order valence-corrected chi connectivity index (χ1v) is 8.77. The van der Waals surface area contributed by atoms with E-state index in [0.717, 1.165) is 54.4 Å². The summed E-state index contributed by atoms with van der Waals surface area (Å²) in [4.78, 5) is 12.8. The van der Waals surface area contributed by atoms with Gasteiger partial charge in [-0.3, -0.25) is 4.99 Å².